The Morgan fingerprint density at radius 1 is 1.20 bits per heavy atom. The minimum atomic E-state index is -0.519. The van der Waals surface area contributed by atoms with Crippen molar-refractivity contribution in [2.75, 3.05) is 6.54 Å². The summed E-state index contributed by atoms with van der Waals surface area (Å²) in [5.74, 6) is -0.0426. The van der Waals surface area contributed by atoms with Gasteiger partial charge in [0.15, 0.2) is 0 Å². The van der Waals surface area contributed by atoms with Gasteiger partial charge < -0.3 is 15.2 Å². The summed E-state index contributed by atoms with van der Waals surface area (Å²) in [7, 11) is 0. The van der Waals surface area contributed by atoms with Gasteiger partial charge in [-0.15, -0.1) is 0 Å². The van der Waals surface area contributed by atoms with Crippen LogP contribution in [0, 0.1) is 0 Å². The van der Waals surface area contributed by atoms with Crippen LogP contribution in [0.3, 0.4) is 0 Å². The molecule has 25 heavy (non-hydrogen) atoms. The van der Waals surface area contributed by atoms with Crippen LogP contribution in [0.25, 0.3) is 11.3 Å². The Hall–Kier alpha value is -3.49. The maximum atomic E-state index is 12.7. The summed E-state index contributed by atoms with van der Waals surface area (Å²) in [6.45, 7) is 1.26. The smallest absolute Gasteiger partial charge is 0.272 e. The molecule has 3 aromatic heterocycles. The molecule has 126 valence electrons. The lowest BCUT2D eigenvalue weighted by molar-refractivity contribution is 0.0700. The highest BCUT2D eigenvalue weighted by Crippen LogP contribution is 2.19. The maximum Gasteiger partial charge on any atom is 0.272 e. The Kier molecular flexibility index (Phi) is 3.53. The molecule has 3 aromatic rings. The van der Waals surface area contributed by atoms with Crippen LogP contribution in [0.4, 0.5) is 0 Å². The lowest BCUT2D eigenvalue weighted by Gasteiger charge is -2.27. The molecule has 0 aliphatic carbocycles. The van der Waals surface area contributed by atoms with E-state index in [1.807, 2.05) is 12.1 Å². The molecule has 0 unspecified atom stereocenters. The fourth-order valence-corrected chi connectivity index (χ4v) is 2.90. The van der Waals surface area contributed by atoms with Crippen molar-refractivity contribution in [3.63, 3.8) is 0 Å². The van der Waals surface area contributed by atoms with Gasteiger partial charge in [-0.3, -0.25) is 19.7 Å². The first-order chi connectivity index (χ1) is 12.1. The van der Waals surface area contributed by atoms with Gasteiger partial charge in [-0.2, -0.15) is 5.10 Å². The fourth-order valence-electron chi connectivity index (χ4n) is 2.90. The van der Waals surface area contributed by atoms with E-state index in [4.69, 9.17) is 5.73 Å². The molecule has 1 aliphatic rings. The summed E-state index contributed by atoms with van der Waals surface area (Å²) in [5, 5.41) is 6.98. The number of nitrogens with zero attached hydrogens (tertiary/aromatic N) is 5. The van der Waals surface area contributed by atoms with Gasteiger partial charge in [0.25, 0.3) is 11.8 Å². The first kappa shape index (κ1) is 15.1. The topological polar surface area (TPSA) is 123 Å². The fraction of sp³-hybridized carbons (Fsp3) is 0.188. The Morgan fingerprint density at radius 3 is 2.76 bits per heavy atom. The molecule has 0 saturated carbocycles. The number of carbonyl (C=O) groups is 2. The molecule has 0 radical (unpaired) electrons. The summed E-state index contributed by atoms with van der Waals surface area (Å²) in [4.78, 5) is 33.9. The monoisotopic (exact) mass is 337 g/mol. The van der Waals surface area contributed by atoms with Crippen LogP contribution in [0.1, 0.15) is 26.8 Å². The normalized spacial score (nSPS) is 13.5. The van der Waals surface area contributed by atoms with E-state index in [9.17, 15) is 9.59 Å². The third-order valence-electron chi connectivity index (χ3n) is 4.19. The zero-order valence-corrected chi connectivity index (χ0v) is 13.2. The van der Waals surface area contributed by atoms with E-state index in [0.29, 0.717) is 42.5 Å². The zero-order chi connectivity index (χ0) is 17.4. The van der Waals surface area contributed by atoms with Gasteiger partial charge in [-0.25, -0.2) is 4.98 Å². The second kappa shape index (κ2) is 5.86. The Bertz CT molecular complexity index is 945. The van der Waals surface area contributed by atoms with Crippen LogP contribution in [-0.2, 0) is 13.1 Å². The van der Waals surface area contributed by atoms with Crippen molar-refractivity contribution in [1.29, 1.82) is 0 Å². The van der Waals surface area contributed by atoms with E-state index in [0.717, 1.165) is 5.56 Å². The molecule has 4 rings (SSSR count). The molecule has 4 heterocycles. The largest absolute Gasteiger partial charge is 0.364 e. The zero-order valence-electron chi connectivity index (χ0n) is 13.2. The lowest BCUT2D eigenvalue weighted by atomic mass is 10.2. The van der Waals surface area contributed by atoms with E-state index in [-0.39, 0.29) is 5.91 Å². The van der Waals surface area contributed by atoms with Gasteiger partial charge in [0.1, 0.15) is 17.2 Å². The Morgan fingerprint density at radius 2 is 2.00 bits per heavy atom. The first-order valence-corrected chi connectivity index (χ1v) is 7.73. The Labute approximate surface area is 142 Å². The number of hydrogen-bond donors (Lipinski definition) is 2. The first-order valence-electron chi connectivity index (χ1n) is 7.73. The third-order valence-corrected chi connectivity index (χ3v) is 4.19. The Balaban J connectivity index is 1.54. The van der Waals surface area contributed by atoms with Crippen molar-refractivity contribution in [2.24, 2.45) is 5.73 Å². The minimum absolute atomic E-state index is 0.164. The van der Waals surface area contributed by atoms with Crippen molar-refractivity contribution < 1.29 is 9.59 Å². The van der Waals surface area contributed by atoms with Gasteiger partial charge in [0, 0.05) is 31.0 Å². The second-order valence-corrected chi connectivity index (χ2v) is 5.71. The number of aromatic amines is 1. The van der Waals surface area contributed by atoms with Crippen LogP contribution < -0.4 is 5.73 Å². The summed E-state index contributed by atoms with van der Waals surface area (Å²) in [5.41, 5.74) is 7.66. The van der Waals surface area contributed by atoms with Crippen LogP contribution >= 0.6 is 0 Å². The molecule has 9 heteroatoms. The maximum absolute atomic E-state index is 12.7. The molecule has 0 fully saturated rings. The van der Waals surface area contributed by atoms with Crippen LogP contribution in [0.2, 0.25) is 0 Å². The number of rotatable bonds is 3. The summed E-state index contributed by atoms with van der Waals surface area (Å²) >= 11 is 0. The number of fused-ring (bicyclic) bond motifs is 1. The van der Waals surface area contributed by atoms with E-state index in [1.54, 1.807) is 27.9 Å². The number of H-pyrrole nitrogens is 1. The van der Waals surface area contributed by atoms with Gasteiger partial charge in [0.05, 0.1) is 18.4 Å². The highest BCUT2D eigenvalue weighted by molar-refractivity contribution is 5.93. The summed E-state index contributed by atoms with van der Waals surface area (Å²) in [6.07, 6.45) is 4.79. The molecule has 0 saturated heterocycles. The number of imidazole rings is 1. The molecule has 0 aromatic carbocycles. The molecule has 0 bridgehead atoms. The molecule has 9 nitrogen and oxygen atoms in total. The number of primary amides is 1. The van der Waals surface area contributed by atoms with E-state index >= 15 is 0 Å². The number of nitrogens with two attached hydrogens (primary N) is 1. The molecule has 0 spiro atoms. The number of pyridine rings is 1. The lowest BCUT2D eigenvalue weighted by Crippen LogP contribution is -2.39. The predicted molar refractivity (Wildman–Crippen MR) is 87.3 cm³/mol. The molecule has 3 N–H and O–H groups in total. The van der Waals surface area contributed by atoms with Crippen molar-refractivity contribution in [2.45, 2.75) is 13.1 Å². The van der Waals surface area contributed by atoms with Crippen LogP contribution in [0.5, 0.6) is 0 Å². The molecule has 2 amide bonds. The number of hydrogen-bond acceptors (Lipinski definition) is 5. The molecule has 0 atom stereocenters. The summed E-state index contributed by atoms with van der Waals surface area (Å²) in [6, 6.07) is 5.37. The van der Waals surface area contributed by atoms with Crippen molar-refractivity contribution in [1.82, 2.24) is 29.6 Å². The number of carbonyl (C=O) groups excluding carboxylic acids is 2. The molecular weight excluding hydrogens is 322 g/mol. The quantitative estimate of drug-likeness (QED) is 0.717. The average molecular weight is 337 g/mol. The summed E-state index contributed by atoms with van der Waals surface area (Å²) < 4.78 is 1.75. The molecular formula is C16H15N7O2. The van der Waals surface area contributed by atoms with Crippen molar-refractivity contribution >= 4 is 11.8 Å². The minimum Gasteiger partial charge on any atom is -0.364 e. The van der Waals surface area contributed by atoms with E-state index in [2.05, 4.69) is 20.2 Å². The number of amides is 2. The van der Waals surface area contributed by atoms with E-state index < -0.39 is 5.91 Å². The van der Waals surface area contributed by atoms with Gasteiger partial charge in [-0.05, 0) is 18.2 Å². The van der Waals surface area contributed by atoms with Gasteiger partial charge in [0.2, 0.25) is 0 Å². The molecule has 1 aliphatic heterocycles. The van der Waals surface area contributed by atoms with Gasteiger partial charge in [-0.1, -0.05) is 0 Å². The number of aromatic nitrogens is 5. The number of nitrogens with one attached hydrogen (secondary N) is 1. The van der Waals surface area contributed by atoms with Crippen molar-refractivity contribution in [3.05, 3.63) is 54.0 Å². The SMILES string of the molecule is NC(=O)c1cnc2n1CCN(C(=O)c1cc(-c3ccncc3)n[nH]1)C2. The average Bonchev–Trinajstić information content (AvgIpc) is 3.28. The van der Waals surface area contributed by atoms with Crippen LogP contribution in [-0.4, -0.2) is 48.0 Å². The predicted octanol–water partition coefficient (Wildman–Crippen LogP) is 0.423. The third kappa shape index (κ3) is 2.65. The highest BCUT2D eigenvalue weighted by Gasteiger charge is 2.26. The highest BCUT2D eigenvalue weighted by atomic mass is 16.2. The van der Waals surface area contributed by atoms with Crippen LogP contribution in [0.15, 0.2) is 36.8 Å². The van der Waals surface area contributed by atoms with Crippen molar-refractivity contribution in [3.8, 4) is 11.3 Å². The van der Waals surface area contributed by atoms with E-state index in [1.165, 1.54) is 6.20 Å². The second-order valence-electron chi connectivity index (χ2n) is 5.71. The van der Waals surface area contributed by atoms with Gasteiger partial charge >= 0.3 is 0 Å². The standard InChI is InChI=1S/C16H15N7O2/c17-15(24)13-8-19-14-9-22(5-6-23(13)14)16(25)12-7-11(20-21-12)10-1-3-18-4-2-10/h1-4,7-8H,5-6,9H2,(H2,17,24)(H,20,21).